The Hall–Kier alpha value is -3.48. The van der Waals surface area contributed by atoms with E-state index in [1.54, 1.807) is 19.1 Å². The lowest BCUT2D eigenvalue weighted by Crippen LogP contribution is -2.16. The summed E-state index contributed by atoms with van der Waals surface area (Å²) in [5, 5.41) is 18.5. The van der Waals surface area contributed by atoms with Gasteiger partial charge < -0.3 is 5.32 Å². The van der Waals surface area contributed by atoms with Gasteiger partial charge in [0.15, 0.2) is 5.69 Å². The van der Waals surface area contributed by atoms with E-state index in [4.69, 9.17) is 0 Å². The van der Waals surface area contributed by atoms with Crippen LogP contribution in [0.1, 0.15) is 33.7 Å². The summed E-state index contributed by atoms with van der Waals surface area (Å²) < 4.78 is 1.83. The number of carbonyl (C=O) groups is 1. The molecule has 7 nitrogen and oxygen atoms in total. The van der Waals surface area contributed by atoms with Crippen LogP contribution >= 0.6 is 0 Å². The van der Waals surface area contributed by atoms with Crippen LogP contribution in [-0.2, 0) is 12.8 Å². The highest BCUT2D eigenvalue weighted by molar-refractivity contribution is 6.04. The van der Waals surface area contributed by atoms with E-state index >= 15 is 0 Å². The Balaban J connectivity index is 1.70. The predicted molar refractivity (Wildman–Crippen MR) is 101 cm³/mol. The molecular formula is C20H18N4O3. The van der Waals surface area contributed by atoms with E-state index in [0.717, 1.165) is 36.2 Å². The third-order valence-electron chi connectivity index (χ3n) is 4.90. The average Bonchev–Trinajstić information content (AvgIpc) is 3.26. The normalized spacial score (nSPS) is 12.6. The largest absolute Gasteiger partial charge is 0.320 e. The van der Waals surface area contributed by atoms with E-state index in [0.29, 0.717) is 16.9 Å². The van der Waals surface area contributed by atoms with Crippen LogP contribution in [0.5, 0.6) is 0 Å². The lowest BCUT2D eigenvalue weighted by atomic mass is 10.1. The van der Waals surface area contributed by atoms with Gasteiger partial charge in [0, 0.05) is 17.3 Å². The first-order valence-corrected chi connectivity index (χ1v) is 8.78. The summed E-state index contributed by atoms with van der Waals surface area (Å²) in [5.74, 6) is -0.341. The fraction of sp³-hybridized carbons (Fsp3) is 0.200. The molecule has 7 heteroatoms. The van der Waals surface area contributed by atoms with Crippen LogP contribution in [0.3, 0.4) is 0 Å². The summed E-state index contributed by atoms with van der Waals surface area (Å²) in [7, 11) is 0. The second-order valence-corrected chi connectivity index (χ2v) is 6.54. The van der Waals surface area contributed by atoms with Gasteiger partial charge in [0.1, 0.15) is 0 Å². The second kappa shape index (κ2) is 6.68. The molecule has 0 atom stereocenters. The van der Waals surface area contributed by atoms with Crippen molar-refractivity contribution >= 4 is 17.3 Å². The molecule has 0 aliphatic heterocycles. The van der Waals surface area contributed by atoms with Crippen LogP contribution in [-0.4, -0.2) is 20.6 Å². The van der Waals surface area contributed by atoms with Crippen molar-refractivity contribution in [2.45, 2.75) is 26.2 Å². The molecule has 0 unspecified atom stereocenters. The van der Waals surface area contributed by atoms with Crippen molar-refractivity contribution < 1.29 is 9.72 Å². The number of hydrogen-bond donors (Lipinski definition) is 1. The van der Waals surface area contributed by atoms with Crippen LogP contribution < -0.4 is 5.32 Å². The van der Waals surface area contributed by atoms with Crippen molar-refractivity contribution in [1.29, 1.82) is 0 Å². The Morgan fingerprint density at radius 3 is 2.67 bits per heavy atom. The molecule has 0 fully saturated rings. The number of nitrogens with zero attached hydrogens (tertiary/aromatic N) is 3. The third kappa shape index (κ3) is 2.97. The molecule has 0 spiro atoms. The van der Waals surface area contributed by atoms with Gasteiger partial charge in [-0.3, -0.25) is 14.9 Å². The molecule has 1 aromatic heterocycles. The van der Waals surface area contributed by atoms with Crippen LogP contribution in [0.25, 0.3) is 5.69 Å². The van der Waals surface area contributed by atoms with Crippen LogP contribution in [0.4, 0.5) is 11.4 Å². The monoisotopic (exact) mass is 362 g/mol. The maximum atomic E-state index is 12.9. The van der Waals surface area contributed by atoms with E-state index in [1.165, 1.54) is 6.07 Å². The maximum Gasteiger partial charge on any atom is 0.276 e. The van der Waals surface area contributed by atoms with Gasteiger partial charge in [0.25, 0.3) is 11.6 Å². The van der Waals surface area contributed by atoms with Gasteiger partial charge in [-0.1, -0.05) is 24.3 Å². The van der Waals surface area contributed by atoms with Gasteiger partial charge in [-0.2, -0.15) is 5.10 Å². The van der Waals surface area contributed by atoms with Crippen molar-refractivity contribution in [3.05, 3.63) is 81.2 Å². The summed E-state index contributed by atoms with van der Waals surface area (Å²) in [6.45, 7) is 1.63. The topological polar surface area (TPSA) is 90.1 Å². The highest BCUT2D eigenvalue weighted by atomic mass is 16.6. The molecule has 1 aliphatic rings. The number of anilines is 1. The van der Waals surface area contributed by atoms with Gasteiger partial charge in [0.05, 0.1) is 21.9 Å². The molecule has 4 rings (SSSR count). The number of carbonyl (C=O) groups excluding carboxylic acids is 1. The van der Waals surface area contributed by atoms with Crippen molar-refractivity contribution in [2.75, 3.05) is 5.32 Å². The fourth-order valence-electron chi connectivity index (χ4n) is 3.54. The molecule has 1 N–H and O–H groups in total. The quantitative estimate of drug-likeness (QED) is 0.564. The number of benzene rings is 2. The number of nitro groups is 1. The number of rotatable bonds is 4. The Morgan fingerprint density at radius 2 is 1.93 bits per heavy atom. The fourth-order valence-corrected chi connectivity index (χ4v) is 3.54. The summed E-state index contributed by atoms with van der Waals surface area (Å²) in [6.07, 6.45) is 2.66. The Morgan fingerprint density at radius 1 is 1.15 bits per heavy atom. The Kier molecular flexibility index (Phi) is 4.19. The maximum absolute atomic E-state index is 12.9. The molecule has 0 saturated heterocycles. The zero-order valence-electron chi connectivity index (χ0n) is 14.8. The number of aromatic nitrogens is 2. The van der Waals surface area contributed by atoms with Crippen molar-refractivity contribution in [1.82, 2.24) is 9.78 Å². The number of nitro benzene ring substituents is 1. The van der Waals surface area contributed by atoms with Gasteiger partial charge in [-0.15, -0.1) is 0 Å². The zero-order chi connectivity index (χ0) is 19.0. The molecule has 0 radical (unpaired) electrons. The molecule has 0 bridgehead atoms. The minimum atomic E-state index is -0.452. The molecule has 3 aromatic rings. The zero-order valence-corrected chi connectivity index (χ0v) is 14.8. The van der Waals surface area contributed by atoms with E-state index < -0.39 is 4.92 Å². The standard InChI is InChI=1S/C20H18N4O3/c1-13-16(10-6-11-17(13)24(26)27)21-20(25)19-15-9-5-12-18(15)23(22-19)14-7-3-2-4-8-14/h2-4,6-8,10-11H,5,9,12H2,1H3,(H,21,25). The highest BCUT2D eigenvalue weighted by Gasteiger charge is 2.27. The van der Waals surface area contributed by atoms with Gasteiger partial charge in [0.2, 0.25) is 0 Å². The van der Waals surface area contributed by atoms with E-state index in [-0.39, 0.29) is 11.6 Å². The van der Waals surface area contributed by atoms with Crippen molar-refractivity contribution in [2.24, 2.45) is 0 Å². The number of hydrogen-bond acceptors (Lipinski definition) is 4. The van der Waals surface area contributed by atoms with E-state index in [2.05, 4.69) is 10.4 Å². The van der Waals surface area contributed by atoms with Crippen molar-refractivity contribution in [3.63, 3.8) is 0 Å². The highest BCUT2D eigenvalue weighted by Crippen LogP contribution is 2.30. The smallest absolute Gasteiger partial charge is 0.276 e. The molecular weight excluding hydrogens is 344 g/mol. The third-order valence-corrected chi connectivity index (χ3v) is 4.90. The minimum Gasteiger partial charge on any atom is -0.320 e. The summed E-state index contributed by atoms with van der Waals surface area (Å²) in [6, 6.07) is 14.4. The summed E-state index contributed by atoms with van der Waals surface area (Å²) in [5.41, 5.74) is 4.15. The van der Waals surface area contributed by atoms with Gasteiger partial charge in [-0.25, -0.2) is 4.68 Å². The molecule has 1 heterocycles. The summed E-state index contributed by atoms with van der Waals surface area (Å²) in [4.78, 5) is 23.6. The van der Waals surface area contributed by atoms with Crippen LogP contribution in [0.2, 0.25) is 0 Å². The lowest BCUT2D eigenvalue weighted by Gasteiger charge is -2.08. The predicted octanol–water partition coefficient (Wildman–Crippen LogP) is 3.83. The van der Waals surface area contributed by atoms with Crippen molar-refractivity contribution in [3.8, 4) is 5.69 Å². The molecule has 27 heavy (non-hydrogen) atoms. The van der Waals surface area contributed by atoms with Gasteiger partial charge >= 0.3 is 0 Å². The van der Waals surface area contributed by atoms with Gasteiger partial charge in [-0.05, 0) is 44.4 Å². The second-order valence-electron chi connectivity index (χ2n) is 6.54. The number of para-hydroxylation sites is 1. The lowest BCUT2D eigenvalue weighted by molar-refractivity contribution is -0.385. The Labute approximate surface area is 155 Å². The first kappa shape index (κ1) is 17.0. The molecule has 2 aromatic carbocycles. The van der Waals surface area contributed by atoms with E-state index in [9.17, 15) is 14.9 Å². The first-order valence-electron chi connectivity index (χ1n) is 8.78. The number of nitrogens with one attached hydrogen (secondary N) is 1. The Bertz CT molecular complexity index is 1040. The molecule has 1 aliphatic carbocycles. The summed E-state index contributed by atoms with van der Waals surface area (Å²) >= 11 is 0. The first-order chi connectivity index (χ1) is 13.1. The molecule has 1 amide bonds. The molecule has 0 saturated carbocycles. The van der Waals surface area contributed by atoms with E-state index in [1.807, 2.05) is 35.0 Å². The van der Waals surface area contributed by atoms with Crippen LogP contribution in [0, 0.1) is 17.0 Å². The van der Waals surface area contributed by atoms with Crippen LogP contribution in [0.15, 0.2) is 48.5 Å². The SMILES string of the molecule is Cc1c(NC(=O)c2nn(-c3ccccc3)c3c2CCC3)cccc1[N+](=O)[O-]. The molecule has 136 valence electrons. The number of fused-ring (bicyclic) bond motifs is 1. The average molecular weight is 362 g/mol. The minimum absolute atomic E-state index is 0.0205. The number of amides is 1.